The summed E-state index contributed by atoms with van der Waals surface area (Å²) in [6, 6.07) is 4.54. The molecule has 0 amide bonds. The topological polar surface area (TPSA) is 231 Å². The summed E-state index contributed by atoms with van der Waals surface area (Å²) in [5, 5.41) is 46.5. The lowest BCUT2D eigenvalue weighted by atomic mass is 9.80. The minimum Gasteiger partial charge on any atom is -0.481 e. The molecule has 256 valence electrons. The Labute approximate surface area is 278 Å². The van der Waals surface area contributed by atoms with Crippen molar-refractivity contribution in [3.63, 3.8) is 0 Å². The zero-order chi connectivity index (χ0) is 34.8. The first kappa shape index (κ1) is 33.5. The molecule has 2 fully saturated rings. The zero-order valence-corrected chi connectivity index (χ0v) is 26.3. The van der Waals surface area contributed by atoms with Crippen LogP contribution in [0.15, 0.2) is 30.6 Å². The van der Waals surface area contributed by atoms with Crippen molar-refractivity contribution in [3.8, 4) is 33.6 Å². The minimum atomic E-state index is -1.43. The number of aromatic nitrogens is 4. The fraction of sp³-hybridized carbons (Fsp3) is 0.353. The van der Waals surface area contributed by atoms with Gasteiger partial charge in [0.25, 0.3) is 0 Å². The molecule has 0 saturated carbocycles. The SMILES string of the molecule is O=C(O)Cc1cc(-c2cnc([C@@H]3CCCN3)[nH]2)ccc1-c1c(CC(=O)O)c(F)c(-c2cnc([C@@H]3CCCN3)[nH]2)c(CC(=O)O)c1CC(=O)O. The molecule has 4 heterocycles. The highest BCUT2D eigenvalue weighted by Gasteiger charge is 2.32. The molecule has 0 unspecified atom stereocenters. The van der Waals surface area contributed by atoms with Gasteiger partial charge in [0.05, 0.1) is 61.5 Å². The molecule has 49 heavy (non-hydrogen) atoms. The van der Waals surface area contributed by atoms with E-state index in [0.717, 1.165) is 38.8 Å². The maximum Gasteiger partial charge on any atom is 0.307 e. The van der Waals surface area contributed by atoms with Gasteiger partial charge < -0.3 is 41.0 Å². The van der Waals surface area contributed by atoms with Crippen LogP contribution >= 0.6 is 0 Å². The van der Waals surface area contributed by atoms with Gasteiger partial charge in [-0.2, -0.15) is 0 Å². The lowest BCUT2D eigenvalue weighted by Crippen LogP contribution is -2.17. The van der Waals surface area contributed by atoms with Gasteiger partial charge in [-0.1, -0.05) is 12.1 Å². The molecule has 0 spiro atoms. The summed E-state index contributed by atoms with van der Waals surface area (Å²) in [7, 11) is 0. The highest BCUT2D eigenvalue weighted by Crippen LogP contribution is 2.43. The van der Waals surface area contributed by atoms with Crippen LogP contribution in [0.4, 0.5) is 4.39 Å². The quantitative estimate of drug-likeness (QED) is 0.102. The molecule has 2 saturated heterocycles. The van der Waals surface area contributed by atoms with Crippen molar-refractivity contribution in [2.24, 2.45) is 0 Å². The van der Waals surface area contributed by atoms with Crippen molar-refractivity contribution < 1.29 is 44.0 Å². The van der Waals surface area contributed by atoms with E-state index in [1.165, 1.54) is 12.3 Å². The Morgan fingerprint density at radius 2 is 1.20 bits per heavy atom. The fourth-order valence-corrected chi connectivity index (χ4v) is 6.94. The number of carboxylic acids is 4. The first-order chi connectivity index (χ1) is 23.5. The number of rotatable bonds is 13. The van der Waals surface area contributed by atoms with Crippen LogP contribution in [-0.2, 0) is 44.9 Å². The number of H-pyrrole nitrogens is 2. The molecule has 15 heteroatoms. The largest absolute Gasteiger partial charge is 0.481 e. The molecule has 2 atom stereocenters. The Balaban J connectivity index is 1.59. The van der Waals surface area contributed by atoms with Gasteiger partial charge >= 0.3 is 23.9 Å². The van der Waals surface area contributed by atoms with Crippen LogP contribution in [0.3, 0.4) is 0 Å². The standard InChI is InChI=1S/C34H35FN6O8/c35-32-21(13-29(48)49)30(18-6-5-16(9-17(18)10-26(42)43)24-14-38-33(40-24)22-3-1-7-36-22)19(11-27(44)45)20(12-28(46)47)31(32)25-15-39-34(41-25)23-4-2-8-37-23/h5-6,9,14-15,22-23,36-37H,1-4,7-8,10-13H2,(H,38,40)(H,39,41)(H,42,43)(H,44,45)(H,46,47)(H,48,49)/t22-,23-/m0/s1. The number of carbonyl (C=O) groups is 4. The van der Waals surface area contributed by atoms with E-state index >= 15 is 4.39 Å². The smallest absolute Gasteiger partial charge is 0.307 e. The van der Waals surface area contributed by atoms with Crippen molar-refractivity contribution in [3.05, 3.63) is 70.3 Å². The van der Waals surface area contributed by atoms with Gasteiger partial charge in [0, 0.05) is 11.1 Å². The van der Waals surface area contributed by atoms with Crippen LogP contribution in [-0.4, -0.2) is 77.3 Å². The number of carboxylic acid groups (broad SMARTS) is 4. The number of aromatic amines is 2. The highest BCUT2D eigenvalue weighted by atomic mass is 19.1. The summed E-state index contributed by atoms with van der Waals surface area (Å²) in [5.74, 6) is -5.31. The lowest BCUT2D eigenvalue weighted by molar-refractivity contribution is -0.137. The third-order valence-electron chi connectivity index (χ3n) is 9.01. The minimum absolute atomic E-state index is 0.0400. The number of benzene rings is 2. The zero-order valence-electron chi connectivity index (χ0n) is 26.3. The van der Waals surface area contributed by atoms with Crippen molar-refractivity contribution >= 4 is 23.9 Å². The Kier molecular flexibility index (Phi) is 9.56. The van der Waals surface area contributed by atoms with Crippen molar-refractivity contribution in [2.45, 2.75) is 63.5 Å². The molecule has 6 rings (SSSR count). The Bertz CT molecular complexity index is 1940. The van der Waals surface area contributed by atoms with Gasteiger partial charge in [0.1, 0.15) is 17.5 Å². The maximum absolute atomic E-state index is 17.0. The maximum atomic E-state index is 17.0. The first-order valence-electron chi connectivity index (χ1n) is 15.9. The predicted molar refractivity (Wildman–Crippen MR) is 172 cm³/mol. The second-order valence-corrected chi connectivity index (χ2v) is 12.3. The van der Waals surface area contributed by atoms with E-state index in [0.29, 0.717) is 22.9 Å². The number of aliphatic carboxylic acids is 4. The monoisotopic (exact) mass is 674 g/mol. The number of halogens is 1. The second kappa shape index (κ2) is 14.0. The summed E-state index contributed by atoms with van der Waals surface area (Å²) in [5.41, 5.74) is 0.236. The Hall–Kier alpha value is -5.41. The molecule has 0 radical (unpaired) electrons. The number of imidazole rings is 2. The van der Waals surface area contributed by atoms with Crippen LogP contribution < -0.4 is 10.6 Å². The Morgan fingerprint density at radius 1 is 0.694 bits per heavy atom. The van der Waals surface area contributed by atoms with Gasteiger partial charge in [-0.3, -0.25) is 19.2 Å². The molecule has 2 aliphatic heterocycles. The van der Waals surface area contributed by atoms with Gasteiger partial charge in [-0.25, -0.2) is 14.4 Å². The average Bonchev–Trinajstić information content (AvgIpc) is 3.86. The van der Waals surface area contributed by atoms with Gasteiger partial charge in [0.15, 0.2) is 0 Å². The normalized spacial score (nSPS) is 17.4. The second-order valence-electron chi connectivity index (χ2n) is 12.3. The predicted octanol–water partition coefficient (Wildman–Crippen LogP) is 3.63. The van der Waals surface area contributed by atoms with Crippen LogP contribution in [0.5, 0.6) is 0 Å². The molecule has 8 N–H and O–H groups in total. The van der Waals surface area contributed by atoms with Crippen molar-refractivity contribution in [1.82, 2.24) is 30.6 Å². The van der Waals surface area contributed by atoms with E-state index in [9.17, 15) is 39.6 Å². The number of nitrogens with one attached hydrogen (secondary N) is 4. The average molecular weight is 675 g/mol. The van der Waals surface area contributed by atoms with Crippen LogP contribution in [0, 0.1) is 5.82 Å². The number of hydrogen-bond acceptors (Lipinski definition) is 8. The van der Waals surface area contributed by atoms with E-state index in [2.05, 4.69) is 30.6 Å². The molecule has 2 aliphatic rings. The van der Waals surface area contributed by atoms with Crippen LogP contribution in [0.25, 0.3) is 33.6 Å². The van der Waals surface area contributed by atoms with Crippen molar-refractivity contribution in [1.29, 1.82) is 0 Å². The molecular weight excluding hydrogens is 639 g/mol. The Morgan fingerprint density at radius 3 is 1.73 bits per heavy atom. The van der Waals surface area contributed by atoms with Gasteiger partial charge in [0.2, 0.25) is 0 Å². The van der Waals surface area contributed by atoms with Gasteiger partial charge in [-0.15, -0.1) is 0 Å². The van der Waals surface area contributed by atoms with Crippen LogP contribution in [0.2, 0.25) is 0 Å². The number of nitrogens with zero attached hydrogens (tertiary/aromatic N) is 2. The lowest BCUT2D eigenvalue weighted by Gasteiger charge is -2.24. The molecule has 14 nitrogen and oxygen atoms in total. The van der Waals surface area contributed by atoms with Crippen LogP contribution in [0.1, 0.15) is 71.7 Å². The van der Waals surface area contributed by atoms with E-state index in [-0.39, 0.29) is 51.2 Å². The first-order valence-corrected chi connectivity index (χ1v) is 15.9. The summed E-state index contributed by atoms with van der Waals surface area (Å²) in [6.45, 7) is 1.60. The molecule has 4 aromatic rings. The fourth-order valence-electron chi connectivity index (χ4n) is 6.94. The summed E-state index contributed by atoms with van der Waals surface area (Å²) in [6.07, 6.45) is 3.38. The molecular formula is C34H35FN6O8. The third-order valence-corrected chi connectivity index (χ3v) is 9.01. The molecule has 2 aromatic heterocycles. The highest BCUT2D eigenvalue weighted by molar-refractivity contribution is 5.91. The van der Waals surface area contributed by atoms with Gasteiger partial charge in [-0.05, 0) is 78.2 Å². The van der Waals surface area contributed by atoms with E-state index in [1.54, 1.807) is 18.3 Å². The molecule has 0 aliphatic carbocycles. The summed E-state index contributed by atoms with van der Waals surface area (Å²) >= 11 is 0. The molecule has 2 aromatic carbocycles. The number of hydrogen-bond donors (Lipinski definition) is 8. The summed E-state index contributed by atoms with van der Waals surface area (Å²) in [4.78, 5) is 64.1. The van der Waals surface area contributed by atoms with Crippen molar-refractivity contribution in [2.75, 3.05) is 13.1 Å². The third kappa shape index (κ3) is 7.07. The van der Waals surface area contributed by atoms with E-state index < -0.39 is 60.9 Å². The molecule has 0 bridgehead atoms. The van der Waals surface area contributed by atoms with E-state index in [1.807, 2.05) is 0 Å². The summed E-state index contributed by atoms with van der Waals surface area (Å²) < 4.78 is 17.0. The van der Waals surface area contributed by atoms with E-state index in [4.69, 9.17) is 0 Å².